The molecule has 2 aliphatic rings. The number of carbonyl (C=O) groups is 1. The van der Waals surface area contributed by atoms with Crippen LogP contribution in [0.5, 0.6) is 0 Å². The smallest absolute Gasteiger partial charge is 0.253 e. The molecule has 2 N–H and O–H groups in total. The number of amides is 1. The van der Waals surface area contributed by atoms with Gasteiger partial charge in [-0.25, -0.2) is 13.4 Å². The number of piperidine rings is 1. The van der Waals surface area contributed by atoms with Gasteiger partial charge in [0.05, 0.1) is 22.7 Å². The number of aromatic nitrogens is 2. The Labute approximate surface area is 192 Å². The van der Waals surface area contributed by atoms with Crippen LogP contribution in [-0.2, 0) is 21.3 Å². The predicted molar refractivity (Wildman–Crippen MR) is 122 cm³/mol. The van der Waals surface area contributed by atoms with Crippen LogP contribution < -0.4 is 10.6 Å². The standard InChI is InChI=1S/C23H27N5O4S/c29-22(19-4-7-21-25-10-11-27(21)15-19)26-14-18-2-5-20(6-3-18)33(30,31)28-12-13-32-23(17-28)8-1-9-24-16-23/h2-7,10-11,15,24H,1,8-9,12-14,16-17H2,(H,26,29). The molecular formula is C23H27N5O4S. The maximum absolute atomic E-state index is 13.2. The van der Waals surface area contributed by atoms with Crippen LogP contribution in [0.3, 0.4) is 0 Å². The second kappa shape index (κ2) is 8.86. The van der Waals surface area contributed by atoms with Gasteiger partial charge < -0.3 is 19.8 Å². The maximum Gasteiger partial charge on any atom is 0.253 e. The van der Waals surface area contributed by atoms with Crippen LogP contribution in [0.15, 0.2) is 59.9 Å². The lowest BCUT2D eigenvalue weighted by molar-refractivity contribution is -0.100. The Kier molecular flexibility index (Phi) is 5.92. The van der Waals surface area contributed by atoms with Gasteiger partial charge in [-0.3, -0.25) is 4.79 Å². The SMILES string of the molecule is O=C(NCc1ccc(S(=O)(=O)N2CCOC3(CCCNC3)C2)cc1)c1ccc2nccn2c1. The zero-order chi connectivity index (χ0) is 22.9. The Morgan fingerprint density at radius 1 is 1.21 bits per heavy atom. The summed E-state index contributed by atoms with van der Waals surface area (Å²) in [6.07, 6.45) is 7.02. The minimum Gasteiger partial charge on any atom is -0.371 e. The summed E-state index contributed by atoms with van der Waals surface area (Å²) in [5, 5.41) is 6.20. The summed E-state index contributed by atoms with van der Waals surface area (Å²) in [5.74, 6) is -0.206. The van der Waals surface area contributed by atoms with Gasteiger partial charge in [-0.1, -0.05) is 12.1 Å². The highest BCUT2D eigenvalue weighted by molar-refractivity contribution is 7.89. The number of carbonyl (C=O) groups excluding carboxylic acids is 1. The van der Waals surface area contributed by atoms with Gasteiger partial charge >= 0.3 is 0 Å². The largest absolute Gasteiger partial charge is 0.371 e. The maximum atomic E-state index is 13.2. The van der Waals surface area contributed by atoms with E-state index in [4.69, 9.17) is 4.74 Å². The van der Waals surface area contributed by atoms with Crippen molar-refractivity contribution >= 4 is 21.6 Å². The van der Waals surface area contributed by atoms with Crippen LogP contribution in [0, 0.1) is 0 Å². The van der Waals surface area contributed by atoms with Crippen molar-refractivity contribution in [3.05, 3.63) is 66.1 Å². The number of ether oxygens (including phenoxy) is 1. The average Bonchev–Trinajstić information content (AvgIpc) is 3.31. The molecule has 2 aromatic heterocycles. The van der Waals surface area contributed by atoms with E-state index in [0.29, 0.717) is 38.3 Å². The molecule has 0 bridgehead atoms. The van der Waals surface area contributed by atoms with Crippen molar-refractivity contribution in [1.29, 1.82) is 0 Å². The van der Waals surface area contributed by atoms with Gasteiger partial charge in [-0.15, -0.1) is 0 Å². The summed E-state index contributed by atoms with van der Waals surface area (Å²) >= 11 is 0. The van der Waals surface area contributed by atoms with Gasteiger partial charge in [0.2, 0.25) is 10.0 Å². The number of imidazole rings is 1. The van der Waals surface area contributed by atoms with E-state index >= 15 is 0 Å². The lowest BCUT2D eigenvalue weighted by Gasteiger charge is -2.44. The van der Waals surface area contributed by atoms with Crippen LogP contribution in [0.25, 0.3) is 5.65 Å². The molecule has 9 nitrogen and oxygen atoms in total. The molecule has 0 aliphatic carbocycles. The summed E-state index contributed by atoms with van der Waals surface area (Å²) in [6.45, 7) is 3.02. The van der Waals surface area contributed by atoms with Crippen molar-refractivity contribution in [3.8, 4) is 0 Å². The molecule has 2 aliphatic heterocycles. The van der Waals surface area contributed by atoms with Crippen molar-refractivity contribution < 1.29 is 17.9 Å². The number of hydrogen-bond donors (Lipinski definition) is 2. The number of nitrogens with zero attached hydrogens (tertiary/aromatic N) is 3. The first kappa shape index (κ1) is 22.0. The van der Waals surface area contributed by atoms with E-state index in [1.807, 2.05) is 0 Å². The molecular weight excluding hydrogens is 442 g/mol. The van der Waals surface area contributed by atoms with Gasteiger partial charge in [-0.05, 0) is 49.2 Å². The molecule has 5 rings (SSSR count). The highest BCUT2D eigenvalue weighted by Gasteiger charge is 2.41. The Morgan fingerprint density at radius 3 is 2.85 bits per heavy atom. The summed E-state index contributed by atoms with van der Waals surface area (Å²) in [4.78, 5) is 16.9. The fourth-order valence-electron chi connectivity index (χ4n) is 4.48. The number of benzene rings is 1. The van der Waals surface area contributed by atoms with Crippen LogP contribution in [0.2, 0.25) is 0 Å². The molecule has 0 saturated carbocycles. The van der Waals surface area contributed by atoms with Gasteiger partial charge in [-0.2, -0.15) is 4.31 Å². The number of hydrogen-bond acceptors (Lipinski definition) is 6. The molecule has 1 unspecified atom stereocenters. The molecule has 174 valence electrons. The number of rotatable bonds is 5. The number of pyridine rings is 1. The molecule has 1 spiro atoms. The minimum atomic E-state index is -3.61. The first-order chi connectivity index (χ1) is 16.0. The fraction of sp³-hybridized carbons (Fsp3) is 0.391. The molecule has 3 aromatic rings. The molecule has 1 amide bonds. The normalized spacial score (nSPS) is 21.9. The molecule has 1 aromatic carbocycles. The van der Waals surface area contributed by atoms with E-state index in [1.165, 1.54) is 4.31 Å². The van der Waals surface area contributed by atoms with Crippen LogP contribution in [0.1, 0.15) is 28.8 Å². The van der Waals surface area contributed by atoms with Crippen molar-refractivity contribution in [2.75, 3.05) is 32.8 Å². The first-order valence-corrected chi connectivity index (χ1v) is 12.5. The fourth-order valence-corrected chi connectivity index (χ4v) is 5.98. The zero-order valence-electron chi connectivity index (χ0n) is 18.2. The topological polar surface area (TPSA) is 105 Å². The van der Waals surface area contributed by atoms with Gasteiger partial charge in [0, 0.05) is 44.8 Å². The molecule has 33 heavy (non-hydrogen) atoms. The first-order valence-electron chi connectivity index (χ1n) is 11.1. The monoisotopic (exact) mass is 469 g/mol. The Hall–Kier alpha value is -2.79. The lowest BCUT2D eigenvalue weighted by Crippen LogP contribution is -2.59. The predicted octanol–water partition coefficient (Wildman–Crippen LogP) is 1.41. The molecule has 4 heterocycles. The number of morpholine rings is 1. The van der Waals surface area contributed by atoms with E-state index in [-0.39, 0.29) is 10.8 Å². The van der Waals surface area contributed by atoms with E-state index < -0.39 is 15.6 Å². The number of sulfonamides is 1. The Balaban J connectivity index is 1.23. The lowest BCUT2D eigenvalue weighted by atomic mass is 9.93. The molecule has 2 fully saturated rings. The summed E-state index contributed by atoms with van der Waals surface area (Å²) in [7, 11) is -3.61. The molecule has 2 saturated heterocycles. The van der Waals surface area contributed by atoms with Crippen molar-refractivity contribution in [2.45, 2.75) is 29.9 Å². The second-order valence-electron chi connectivity index (χ2n) is 8.59. The highest BCUT2D eigenvalue weighted by atomic mass is 32.2. The van der Waals surface area contributed by atoms with E-state index in [0.717, 1.165) is 30.6 Å². The van der Waals surface area contributed by atoms with Gasteiger partial charge in [0.25, 0.3) is 5.91 Å². The molecule has 10 heteroatoms. The van der Waals surface area contributed by atoms with Crippen LogP contribution in [-0.4, -0.2) is 66.4 Å². The Bertz CT molecular complexity index is 1240. The summed E-state index contributed by atoms with van der Waals surface area (Å²) in [5.41, 5.74) is 1.68. The average molecular weight is 470 g/mol. The third-order valence-corrected chi connectivity index (χ3v) is 8.17. The third-order valence-electron chi connectivity index (χ3n) is 6.31. The number of nitrogens with one attached hydrogen (secondary N) is 2. The minimum absolute atomic E-state index is 0.206. The zero-order valence-corrected chi connectivity index (χ0v) is 19.1. The van der Waals surface area contributed by atoms with Gasteiger partial charge in [0.15, 0.2) is 0 Å². The van der Waals surface area contributed by atoms with E-state index in [1.54, 1.807) is 59.4 Å². The third kappa shape index (κ3) is 4.51. The van der Waals surface area contributed by atoms with Crippen molar-refractivity contribution in [2.24, 2.45) is 0 Å². The van der Waals surface area contributed by atoms with E-state index in [2.05, 4.69) is 15.6 Å². The van der Waals surface area contributed by atoms with Gasteiger partial charge in [0.1, 0.15) is 5.65 Å². The van der Waals surface area contributed by atoms with Crippen LogP contribution >= 0.6 is 0 Å². The van der Waals surface area contributed by atoms with E-state index in [9.17, 15) is 13.2 Å². The van der Waals surface area contributed by atoms with Crippen molar-refractivity contribution in [1.82, 2.24) is 24.3 Å². The molecule has 1 atom stereocenters. The number of fused-ring (bicyclic) bond motifs is 1. The summed E-state index contributed by atoms with van der Waals surface area (Å²) in [6, 6.07) is 10.2. The quantitative estimate of drug-likeness (QED) is 0.586. The molecule has 0 radical (unpaired) electrons. The Morgan fingerprint density at radius 2 is 2.06 bits per heavy atom. The van der Waals surface area contributed by atoms with Crippen molar-refractivity contribution in [3.63, 3.8) is 0 Å². The second-order valence-corrected chi connectivity index (χ2v) is 10.5. The highest BCUT2D eigenvalue weighted by Crippen LogP contribution is 2.29. The van der Waals surface area contributed by atoms with Crippen LogP contribution in [0.4, 0.5) is 0 Å². The summed E-state index contributed by atoms with van der Waals surface area (Å²) < 4.78 is 35.8.